The molecule has 6 heteroatoms. The highest BCUT2D eigenvalue weighted by molar-refractivity contribution is 5.88. The number of carbonyl (C=O) groups is 2. The zero-order valence-corrected chi connectivity index (χ0v) is 12.2. The fraction of sp³-hybridized carbons (Fsp3) is 0.429. The van der Waals surface area contributed by atoms with Gasteiger partial charge in [0.05, 0.1) is 13.7 Å². The Morgan fingerprint density at radius 3 is 2.25 bits per heavy atom. The molecule has 1 aromatic rings. The lowest BCUT2D eigenvalue weighted by Gasteiger charge is -2.37. The van der Waals surface area contributed by atoms with E-state index in [4.69, 9.17) is 4.84 Å². The molecule has 0 saturated carbocycles. The van der Waals surface area contributed by atoms with Crippen molar-refractivity contribution in [3.63, 3.8) is 0 Å². The molecule has 0 unspecified atom stereocenters. The van der Waals surface area contributed by atoms with E-state index >= 15 is 0 Å². The fourth-order valence-corrected chi connectivity index (χ4v) is 1.85. The van der Waals surface area contributed by atoms with E-state index in [9.17, 15) is 14.7 Å². The predicted molar refractivity (Wildman–Crippen MR) is 73.9 cm³/mol. The quantitative estimate of drug-likeness (QED) is 0.837. The Balaban J connectivity index is 3.01. The summed E-state index contributed by atoms with van der Waals surface area (Å²) in [5.74, 6) is -0.432. The number of hydrogen-bond donors (Lipinski definition) is 1. The van der Waals surface area contributed by atoms with Crippen LogP contribution in [0.1, 0.15) is 19.4 Å². The first-order valence-electron chi connectivity index (χ1n) is 6.17. The minimum absolute atomic E-state index is 0.131. The standard InChI is InChI=1S/C14H20N2O4/c1-14(2,12(17)15(3)20-4)16(13(18)19)10-11-8-6-5-7-9-11/h5-9H,10H2,1-4H3,(H,18,19). The summed E-state index contributed by atoms with van der Waals surface area (Å²) < 4.78 is 0. The Morgan fingerprint density at radius 1 is 1.25 bits per heavy atom. The number of likely N-dealkylation sites (N-methyl/N-ethyl adjacent to an activating group) is 1. The maximum absolute atomic E-state index is 12.2. The lowest BCUT2D eigenvalue weighted by molar-refractivity contribution is -0.179. The molecule has 20 heavy (non-hydrogen) atoms. The number of rotatable bonds is 5. The van der Waals surface area contributed by atoms with Crippen LogP contribution in [0.25, 0.3) is 0 Å². The molecule has 0 saturated heterocycles. The van der Waals surface area contributed by atoms with Gasteiger partial charge in [-0.05, 0) is 19.4 Å². The SMILES string of the molecule is CON(C)C(=O)C(C)(C)N(Cc1ccccc1)C(=O)O. The second kappa shape index (κ2) is 6.38. The van der Waals surface area contributed by atoms with Crippen LogP contribution < -0.4 is 0 Å². The Bertz CT molecular complexity index is 473. The number of hydrogen-bond acceptors (Lipinski definition) is 3. The van der Waals surface area contributed by atoms with E-state index in [1.54, 1.807) is 13.8 Å². The molecule has 110 valence electrons. The summed E-state index contributed by atoms with van der Waals surface area (Å²) in [7, 11) is 2.81. The molecule has 0 atom stereocenters. The monoisotopic (exact) mass is 280 g/mol. The molecule has 0 heterocycles. The van der Waals surface area contributed by atoms with Gasteiger partial charge in [-0.15, -0.1) is 0 Å². The molecule has 0 spiro atoms. The number of benzene rings is 1. The summed E-state index contributed by atoms with van der Waals surface area (Å²) in [6.07, 6.45) is -1.16. The lowest BCUT2D eigenvalue weighted by Crippen LogP contribution is -2.56. The van der Waals surface area contributed by atoms with Crippen LogP contribution in [0, 0.1) is 0 Å². The lowest BCUT2D eigenvalue weighted by atomic mass is 10.0. The van der Waals surface area contributed by atoms with Crippen molar-refractivity contribution < 1.29 is 19.5 Å². The van der Waals surface area contributed by atoms with Gasteiger partial charge in [0.25, 0.3) is 5.91 Å². The van der Waals surface area contributed by atoms with E-state index in [1.807, 2.05) is 30.3 Å². The smallest absolute Gasteiger partial charge is 0.408 e. The molecule has 0 aliphatic carbocycles. The Labute approximate surface area is 118 Å². The van der Waals surface area contributed by atoms with E-state index in [-0.39, 0.29) is 6.54 Å². The van der Waals surface area contributed by atoms with Crippen molar-refractivity contribution in [2.45, 2.75) is 25.9 Å². The van der Waals surface area contributed by atoms with E-state index in [0.717, 1.165) is 15.5 Å². The van der Waals surface area contributed by atoms with Crippen molar-refractivity contribution >= 4 is 12.0 Å². The zero-order valence-electron chi connectivity index (χ0n) is 12.2. The number of amides is 2. The summed E-state index contributed by atoms with van der Waals surface area (Å²) in [5, 5.41) is 10.4. The third kappa shape index (κ3) is 3.48. The van der Waals surface area contributed by atoms with Crippen LogP contribution in [0.2, 0.25) is 0 Å². The highest BCUT2D eigenvalue weighted by Gasteiger charge is 2.40. The normalized spacial score (nSPS) is 11.0. The largest absolute Gasteiger partial charge is 0.465 e. The first kappa shape index (κ1) is 16.0. The highest BCUT2D eigenvalue weighted by Crippen LogP contribution is 2.20. The van der Waals surface area contributed by atoms with Gasteiger partial charge in [0.15, 0.2) is 0 Å². The van der Waals surface area contributed by atoms with E-state index in [2.05, 4.69) is 0 Å². The van der Waals surface area contributed by atoms with Crippen molar-refractivity contribution in [3.05, 3.63) is 35.9 Å². The first-order chi connectivity index (χ1) is 9.30. The van der Waals surface area contributed by atoms with Gasteiger partial charge < -0.3 is 5.11 Å². The topological polar surface area (TPSA) is 70.1 Å². The molecule has 0 bridgehead atoms. The Hall–Kier alpha value is -2.08. The van der Waals surface area contributed by atoms with Crippen molar-refractivity contribution in [3.8, 4) is 0 Å². The third-order valence-electron chi connectivity index (χ3n) is 3.17. The average molecular weight is 280 g/mol. The van der Waals surface area contributed by atoms with Crippen LogP contribution in [-0.2, 0) is 16.2 Å². The minimum atomic E-state index is -1.23. The zero-order chi connectivity index (χ0) is 15.3. The Kier molecular flexibility index (Phi) is 5.10. The van der Waals surface area contributed by atoms with Crippen LogP contribution in [0.3, 0.4) is 0 Å². The molecule has 0 radical (unpaired) electrons. The first-order valence-corrected chi connectivity index (χ1v) is 6.17. The van der Waals surface area contributed by atoms with Gasteiger partial charge in [0.1, 0.15) is 5.54 Å². The van der Waals surface area contributed by atoms with E-state index < -0.39 is 17.5 Å². The van der Waals surface area contributed by atoms with Crippen LogP contribution in [0.15, 0.2) is 30.3 Å². The molecule has 1 rings (SSSR count). The van der Waals surface area contributed by atoms with Gasteiger partial charge in [-0.25, -0.2) is 9.86 Å². The molecule has 0 fully saturated rings. The van der Waals surface area contributed by atoms with Gasteiger partial charge in [0, 0.05) is 7.05 Å². The molecular weight excluding hydrogens is 260 g/mol. The van der Waals surface area contributed by atoms with Crippen LogP contribution >= 0.6 is 0 Å². The molecule has 2 amide bonds. The average Bonchev–Trinajstić information content (AvgIpc) is 2.43. The van der Waals surface area contributed by atoms with Gasteiger partial charge >= 0.3 is 6.09 Å². The number of carbonyl (C=O) groups excluding carboxylic acids is 1. The third-order valence-corrected chi connectivity index (χ3v) is 3.17. The maximum atomic E-state index is 12.2. The summed E-state index contributed by atoms with van der Waals surface area (Å²) in [4.78, 5) is 29.6. The number of hydroxylamine groups is 2. The Morgan fingerprint density at radius 2 is 1.80 bits per heavy atom. The summed E-state index contributed by atoms with van der Waals surface area (Å²) in [6, 6.07) is 9.13. The van der Waals surface area contributed by atoms with Crippen LogP contribution in [-0.4, -0.2) is 46.8 Å². The minimum Gasteiger partial charge on any atom is -0.465 e. The van der Waals surface area contributed by atoms with Crippen molar-refractivity contribution in [1.82, 2.24) is 9.96 Å². The van der Waals surface area contributed by atoms with Crippen molar-refractivity contribution in [2.75, 3.05) is 14.2 Å². The molecule has 0 aliphatic rings. The second-order valence-corrected chi connectivity index (χ2v) is 4.90. The summed E-state index contributed by atoms with van der Waals surface area (Å²) in [6.45, 7) is 3.25. The molecule has 1 N–H and O–H groups in total. The van der Waals surface area contributed by atoms with E-state index in [1.165, 1.54) is 14.2 Å². The molecular formula is C14H20N2O4. The summed E-state index contributed by atoms with van der Waals surface area (Å²) >= 11 is 0. The predicted octanol–water partition coefficient (Wildman–Crippen LogP) is 1.96. The van der Waals surface area contributed by atoms with Crippen molar-refractivity contribution in [2.24, 2.45) is 0 Å². The number of nitrogens with zero attached hydrogens (tertiary/aromatic N) is 2. The van der Waals surface area contributed by atoms with Gasteiger partial charge in [-0.2, -0.15) is 0 Å². The van der Waals surface area contributed by atoms with Crippen molar-refractivity contribution in [1.29, 1.82) is 0 Å². The molecule has 0 aromatic heterocycles. The van der Waals surface area contributed by atoms with Crippen LogP contribution in [0.4, 0.5) is 4.79 Å². The van der Waals surface area contributed by atoms with Gasteiger partial charge in [-0.1, -0.05) is 30.3 Å². The summed E-state index contributed by atoms with van der Waals surface area (Å²) in [5.41, 5.74) is -0.414. The second-order valence-electron chi connectivity index (χ2n) is 4.90. The number of carboxylic acid groups (broad SMARTS) is 1. The van der Waals surface area contributed by atoms with Crippen LogP contribution in [0.5, 0.6) is 0 Å². The maximum Gasteiger partial charge on any atom is 0.408 e. The van der Waals surface area contributed by atoms with Gasteiger partial charge in [0.2, 0.25) is 0 Å². The molecule has 6 nitrogen and oxygen atoms in total. The molecule has 0 aliphatic heterocycles. The fourth-order valence-electron chi connectivity index (χ4n) is 1.85. The van der Waals surface area contributed by atoms with E-state index in [0.29, 0.717) is 0 Å². The highest BCUT2D eigenvalue weighted by atomic mass is 16.7. The molecule has 1 aromatic carbocycles. The van der Waals surface area contributed by atoms with Gasteiger partial charge in [-0.3, -0.25) is 14.5 Å².